The first-order valence-electron chi connectivity index (χ1n) is 10.3. The van der Waals surface area contributed by atoms with E-state index < -0.39 is 29.5 Å². The lowest BCUT2D eigenvalue weighted by atomic mass is 10.1. The molecular weight excluding hydrogens is 443 g/mol. The molecule has 0 radical (unpaired) electrons. The molecule has 0 unspecified atom stereocenters. The maximum Gasteiger partial charge on any atom is 0.421 e. The molecule has 0 bridgehead atoms. The Morgan fingerprint density at radius 1 is 1.24 bits per heavy atom. The molecule has 0 saturated carbocycles. The third-order valence-electron chi connectivity index (χ3n) is 5.20. The van der Waals surface area contributed by atoms with Gasteiger partial charge in [-0.1, -0.05) is 0 Å². The second-order valence-electron chi connectivity index (χ2n) is 7.60. The van der Waals surface area contributed by atoms with Gasteiger partial charge in [0, 0.05) is 45.8 Å². The highest BCUT2D eigenvalue weighted by molar-refractivity contribution is 5.92. The average Bonchev–Trinajstić information content (AvgIpc) is 2.79. The molecule has 1 fully saturated rings. The summed E-state index contributed by atoms with van der Waals surface area (Å²) in [6, 6.07) is 4.18. The summed E-state index contributed by atoms with van der Waals surface area (Å²) in [7, 11) is 1.53. The highest BCUT2D eigenvalue weighted by Crippen LogP contribution is 2.27. The monoisotopic (exact) mass is 467 g/mol. The van der Waals surface area contributed by atoms with Crippen molar-refractivity contribution in [2.45, 2.75) is 25.6 Å². The highest BCUT2D eigenvalue weighted by atomic mass is 19.4. The predicted octanol–water partition coefficient (Wildman–Crippen LogP) is 2.04. The molecule has 33 heavy (non-hydrogen) atoms. The number of ether oxygens (including phenoxy) is 1. The summed E-state index contributed by atoms with van der Waals surface area (Å²) >= 11 is 0. The van der Waals surface area contributed by atoms with E-state index >= 15 is 0 Å². The molecule has 1 aliphatic heterocycles. The Balaban J connectivity index is 1.52. The molecule has 9 nitrogen and oxygen atoms in total. The summed E-state index contributed by atoms with van der Waals surface area (Å²) < 4.78 is 44.1. The van der Waals surface area contributed by atoms with E-state index in [4.69, 9.17) is 4.74 Å². The molecule has 2 N–H and O–H groups in total. The molecule has 1 aliphatic rings. The maximum absolute atomic E-state index is 12.9. The van der Waals surface area contributed by atoms with Gasteiger partial charge in [0.1, 0.15) is 17.4 Å². The minimum atomic E-state index is -4.76. The van der Waals surface area contributed by atoms with Gasteiger partial charge in [0.25, 0.3) is 11.5 Å². The van der Waals surface area contributed by atoms with E-state index in [0.29, 0.717) is 31.9 Å². The zero-order valence-electron chi connectivity index (χ0n) is 18.1. The first-order chi connectivity index (χ1) is 15.6. The fourth-order valence-corrected chi connectivity index (χ4v) is 3.46. The number of carbonyl (C=O) groups excluding carboxylic acids is 2. The van der Waals surface area contributed by atoms with Crippen LogP contribution in [0.15, 0.2) is 35.4 Å². The minimum absolute atomic E-state index is 0.0227. The highest BCUT2D eigenvalue weighted by Gasteiger charge is 2.34. The Bertz CT molecular complexity index is 1050. The van der Waals surface area contributed by atoms with Gasteiger partial charge in [0.15, 0.2) is 0 Å². The summed E-state index contributed by atoms with van der Waals surface area (Å²) in [6.07, 6.45) is -3.21. The van der Waals surface area contributed by atoms with Gasteiger partial charge in [0.05, 0.1) is 11.9 Å². The van der Waals surface area contributed by atoms with Crippen LogP contribution in [0.5, 0.6) is 0 Å². The summed E-state index contributed by atoms with van der Waals surface area (Å²) in [5.74, 6) is -0.278. The number of nitrogens with one attached hydrogen (secondary N) is 2. The Labute approximate surface area is 187 Å². The van der Waals surface area contributed by atoms with Crippen LogP contribution in [0.4, 0.5) is 23.7 Å². The number of aromatic amines is 1. The number of carbonyl (C=O) groups is 2. The van der Waals surface area contributed by atoms with E-state index in [2.05, 4.69) is 15.3 Å². The second-order valence-corrected chi connectivity index (χ2v) is 7.60. The topological polar surface area (TPSA) is 108 Å². The quantitative estimate of drug-likeness (QED) is 0.697. The fraction of sp³-hybridized carbons (Fsp3) is 0.429. The van der Waals surface area contributed by atoms with E-state index in [0.717, 1.165) is 11.8 Å². The Kier molecular flexibility index (Phi) is 7.24. The Hall–Kier alpha value is -3.57. The molecule has 3 rings (SSSR count). The molecule has 2 aromatic heterocycles. The number of nitrogens with zero attached hydrogens (tertiary/aromatic N) is 3. The van der Waals surface area contributed by atoms with Gasteiger partial charge >= 0.3 is 12.3 Å². The largest absolute Gasteiger partial charge is 0.446 e. The molecule has 178 valence electrons. The lowest BCUT2D eigenvalue weighted by molar-refractivity contribution is -0.138. The van der Waals surface area contributed by atoms with Crippen molar-refractivity contribution in [2.24, 2.45) is 0 Å². The molecule has 0 spiro atoms. The van der Waals surface area contributed by atoms with Crippen LogP contribution in [0, 0.1) is 0 Å². The number of piperazine rings is 1. The number of alkyl halides is 3. The molecule has 3 heterocycles. The Morgan fingerprint density at radius 2 is 1.94 bits per heavy atom. The standard InChI is InChI=1S/C21H24F3N5O4/c1-13(9-14-10-16(21(22,23)24)18(30)27-11-14)33-20(32)29-7-5-28(6-8-29)15-3-4-17(26-12-15)19(31)25-2/h3-4,10-13H,5-9H2,1-2H3,(H,25,31)(H,27,30)/t13-/m0/s1. The van der Waals surface area contributed by atoms with Gasteiger partial charge < -0.3 is 24.8 Å². The van der Waals surface area contributed by atoms with Crippen LogP contribution in [0.3, 0.4) is 0 Å². The molecule has 1 atom stereocenters. The Morgan fingerprint density at radius 3 is 2.52 bits per heavy atom. The van der Waals surface area contributed by atoms with Crippen LogP contribution in [-0.4, -0.2) is 66.2 Å². The number of aromatic nitrogens is 2. The lowest BCUT2D eigenvalue weighted by Gasteiger charge is -2.35. The lowest BCUT2D eigenvalue weighted by Crippen LogP contribution is -2.49. The van der Waals surface area contributed by atoms with Crippen LogP contribution in [-0.2, 0) is 17.3 Å². The fourth-order valence-electron chi connectivity index (χ4n) is 3.46. The number of pyridine rings is 2. The first-order valence-corrected chi connectivity index (χ1v) is 10.3. The van der Waals surface area contributed by atoms with Crippen molar-refractivity contribution in [3.8, 4) is 0 Å². The van der Waals surface area contributed by atoms with Crippen molar-refractivity contribution < 1.29 is 27.5 Å². The van der Waals surface area contributed by atoms with Crippen LogP contribution >= 0.6 is 0 Å². The zero-order chi connectivity index (χ0) is 24.2. The summed E-state index contributed by atoms with van der Waals surface area (Å²) in [6.45, 7) is 3.41. The van der Waals surface area contributed by atoms with Crippen molar-refractivity contribution in [3.63, 3.8) is 0 Å². The van der Waals surface area contributed by atoms with Crippen LogP contribution in [0.25, 0.3) is 0 Å². The van der Waals surface area contributed by atoms with Gasteiger partial charge in [-0.2, -0.15) is 13.2 Å². The van der Waals surface area contributed by atoms with Crippen LogP contribution in [0.2, 0.25) is 0 Å². The van der Waals surface area contributed by atoms with Gasteiger partial charge in [0.2, 0.25) is 0 Å². The molecule has 0 aromatic carbocycles. The van der Waals surface area contributed by atoms with Crippen molar-refractivity contribution in [3.05, 3.63) is 57.8 Å². The average molecular weight is 467 g/mol. The molecule has 0 aliphatic carbocycles. The van der Waals surface area contributed by atoms with E-state index in [1.807, 2.05) is 4.90 Å². The minimum Gasteiger partial charge on any atom is -0.446 e. The predicted molar refractivity (Wildman–Crippen MR) is 113 cm³/mol. The van der Waals surface area contributed by atoms with E-state index in [9.17, 15) is 27.6 Å². The maximum atomic E-state index is 12.9. The SMILES string of the molecule is CNC(=O)c1ccc(N2CCN(C(=O)O[C@@H](C)Cc3c[nH]c(=O)c(C(F)(F)F)c3)CC2)cn1. The van der Waals surface area contributed by atoms with Gasteiger partial charge in [-0.25, -0.2) is 9.78 Å². The van der Waals surface area contributed by atoms with Crippen molar-refractivity contribution in [1.29, 1.82) is 0 Å². The van der Waals surface area contributed by atoms with Crippen molar-refractivity contribution in [1.82, 2.24) is 20.2 Å². The number of hydrogen-bond donors (Lipinski definition) is 2. The van der Waals surface area contributed by atoms with E-state index in [1.54, 1.807) is 25.3 Å². The number of hydrogen-bond acceptors (Lipinski definition) is 6. The molecule has 2 aromatic rings. The number of anilines is 1. The van der Waals surface area contributed by atoms with E-state index in [1.165, 1.54) is 18.1 Å². The van der Waals surface area contributed by atoms with Gasteiger partial charge in [-0.3, -0.25) is 9.59 Å². The van der Waals surface area contributed by atoms with Crippen LogP contribution in [0.1, 0.15) is 28.5 Å². The van der Waals surface area contributed by atoms with Gasteiger partial charge in [-0.05, 0) is 30.7 Å². The summed E-state index contributed by atoms with van der Waals surface area (Å²) in [5, 5.41) is 2.50. The van der Waals surface area contributed by atoms with Gasteiger partial charge in [-0.15, -0.1) is 0 Å². The summed E-state index contributed by atoms with van der Waals surface area (Å²) in [5.41, 5.74) is -1.16. The molecule has 12 heteroatoms. The third-order valence-corrected chi connectivity index (χ3v) is 5.20. The number of amides is 2. The summed E-state index contributed by atoms with van der Waals surface area (Å²) in [4.78, 5) is 45.2. The number of rotatable bonds is 5. The number of halogens is 3. The van der Waals surface area contributed by atoms with Crippen LogP contribution < -0.4 is 15.8 Å². The normalized spacial score (nSPS) is 15.2. The zero-order valence-corrected chi connectivity index (χ0v) is 18.1. The van der Waals surface area contributed by atoms with Crippen molar-refractivity contribution in [2.75, 3.05) is 38.1 Å². The third kappa shape index (κ3) is 6.02. The smallest absolute Gasteiger partial charge is 0.421 e. The first kappa shape index (κ1) is 24.1. The molecule has 2 amide bonds. The van der Waals surface area contributed by atoms with E-state index in [-0.39, 0.29) is 17.9 Å². The molecular formula is C21H24F3N5O4. The van der Waals surface area contributed by atoms with Crippen molar-refractivity contribution >= 4 is 17.7 Å². The molecule has 1 saturated heterocycles. The number of H-pyrrole nitrogens is 1. The second kappa shape index (κ2) is 9.92.